The molecule has 3 aliphatic carbocycles. The van der Waals surface area contributed by atoms with Crippen molar-refractivity contribution >= 4 is 14.0 Å². The van der Waals surface area contributed by atoms with Gasteiger partial charge in [0.15, 0.2) is 0 Å². The van der Waals surface area contributed by atoms with Gasteiger partial charge in [-0.2, -0.15) is 0 Å². The first-order valence-corrected chi connectivity index (χ1v) is 11.7. The fraction of sp³-hybridized carbons (Fsp3) is 0.609. The van der Waals surface area contributed by atoms with Gasteiger partial charge >= 0.3 is 0 Å². The van der Waals surface area contributed by atoms with E-state index in [2.05, 4.69) is 42.1 Å². The van der Waals surface area contributed by atoms with Crippen molar-refractivity contribution in [1.29, 1.82) is 0 Å². The molecule has 0 spiro atoms. The molecule has 3 aliphatic rings. The van der Waals surface area contributed by atoms with Crippen LogP contribution in [0.1, 0.15) is 76.2 Å². The van der Waals surface area contributed by atoms with Gasteiger partial charge in [0.25, 0.3) is 0 Å². The molecule has 0 nitrogen and oxygen atoms in total. The number of benzene rings is 1. The maximum absolute atomic E-state index is 3.78. The van der Waals surface area contributed by atoms with Gasteiger partial charge in [0.2, 0.25) is 0 Å². The monoisotopic (exact) mass is 338 g/mol. The number of allylic oxidation sites excluding steroid dienone is 1. The highest BCUT2D eigenvalue weighted by Gasteiger charge is 2.40. The van der Waals surface area contributed by atoms with Crippen LogP contribution in [0.2, 0.25) is 0 Å². The van der Waals surface area contributed by atoms with E-state index in [4.69, 9.17) is 0 Å². The predicted octanol–water partition coefficient (Wildman–Crippen LogP) is 7.14. The van der Waals surface area contributed by atoms with Gasteiger partial charge in [-0.25, -0.2) is 0 Å². The lowest BCUT2D eigenvalue weighted by molar-refractivity contribution is 0.795. The lowest BCUT2D eigenvalue weighted by atomic mass is 10.2. The molecule has 0 aliphatic heterocycles. The summed E-state index contributed by atoms with van der Waals surface area (Å²) in [5.74, 6) is 0. The van der Waals surface area contributed by atoms with E-state index in [9.17, 15) is 0 Å². The molecule has 1 atom stereocenters. The Morgan fingerprint density at radius 3 is 2.04 bits per heavy atom. The predicted molar refractivity (Wildman–Crippen MR) is 107 cm³/mol. The van der Waals surface area contributed by atoms with Crippen LogP contribution in [0.4, 0.5) is 0 Å². The van der Waals surface area contributed by atoms with Gasteiger partial charge in [0, 0.05) is 5.66 Å². The Balaban J connectivity index is 1.59. The second-order valence-electron chi connectivity index (χ2n) is 7.96. The Morgan fingerprint density at radius 1 is 0.792 bits per heavy atom. The summed E-state index contributed by atoms with van der Waals surface area (Å²) in [6.07, 6.45) is 18.6. The van der Waals surface area contributed by atoms with E-state index in [-0.39, 0.29) is 7.92 Å². The van der Waals surface area contributed by atoms with Crippen LogP contribution in [0.15, 0.2) is 41.6 Å². The highest BCUT2D eigenvalue weighted by Crippen LogP contribution is 2.64. The summed E-state index contributed by atoms with van der Waals surface area (Å²) in [4.78, 5) is 0. The normalized spacial score (nSPS) is 25.5. The smallest absolute Gasteiger partial charge is 0.00816 e. The fourth-order valence-corrected chi connectivity index (χ4v) is 9.84. The lowest BCUT2D eigenvalue weighted by Crippen LogP contribution is -2.19. The molecular weight excluding hydrogens is 307 g/mol. The van der Waals surface area contributed by atoms with Gasteiger partial charge < -0.3 is 0 Å². The molecule has 0 bridgehead atoms. The first-order chi connectivity index (χ1) is 11.9. The van der Waals surface area contributed by atoms with Gasteiger partial charge in [-0.15, -0.1) is 5.73 Å². The maximum atomic E-state index is 3.78. The van der Waals surface area contributed by atoms with E-state index in [1.54, 1.807) is 5.57 Å². The molecule has 3 fully saturated rings. The molecule has 0 N–H and O–H groups in total. The fourth-order valence-electron chi connectivity index (χ4n) is 5.26. The van der Waals surface area contributed by atoms with E-state index in [1.165, 1.54) is 76.2 Å². The van der Waals surface area contributed by atoms with Gasteiger partial charge in [0.05, 0.1) is 0 Å². The quantitative estimate of drug-likeness (QED) is 0.404. The Morgan fingerprint density at radius 2 is 1.42 bits per heavy atom. The van der Waals surface area contributed by atoms with Crippen molar-refractivity contribution < 1.29 is 0 Å². The van der Waals surface area contributed by atoms with Gasteiger partial charge in [-0.3, -0.25) is 0 Å². The number of rotatable bonds is 4. The van der Waals surface area contributed by atoms with E-state index in [1.807, 2.05) is 0 Å². The van der Waals surface area contributed by atoms with Crippen molar-refractivity contribution in [2.24, 2.45) is 0 Å². The SMILES string of the molecule is C(=Cc1ccccc1)=C1CCCC1P(C1CCCC1)C1CCCC1. The summed E-state index contributed by atoms with van der Waals surface area (Å²) in [6, 6.07) is 10.8. The molecule has 0 radical (unpaired) electrons. The van der Waals surface area contributed by atoms with Gasteiger partial charge in [-0.05, 0) is 73.5 Å². The van der Waals surface area contributed by atoms with Crippen molar-refractivity contribution in [3.8, 4) is 0 Å². The first-order valence-electron chi connectivity index (χ1n) is 10.2. The minimum Gasteiger partial charge on any atom is -0.120 e. The second-order valence-corrected chi connectivity index (χ2v) is 10.9. The molecule has 1 unspecified atom stereocenters. The van der Waals surface area contributed by atoms with E-state index >= 15 is 0 Å². The lowest BCUT2D eigenvalue weighted by Gasteiger charge is -2.35. The maximum Gasteiger partial charge on any atom is 0.00816 e. The van der Waals surface area contributed by atoms with Crippen molar-refractivity contribution in [2.45, 2.75) is 87.6 Å². The Labute approximate surface area is 149 Å². The molecule has 128 valence electrons. The van der Waals surface area contributed by atoms with Crippen LogP contribution >= 0.6 is 7.92 Å². The molecule has 1 aromatic rings. The van der Waals surface area contributed by atoms with Crippen LogP contribution in [-0.4, -0.2) is 17.0 Å². The summed E-state index contributed by atoms with van der Waals surface area (Å²) in [7, 11) is 0.197. The zero-order valence-corrected chi connectivity index (χ0v) is 15.8. The summed E-state index contributed by atoms with van der Waals surface area (Å²) < 4.78 is 0. The molecule has 1 aromatic carbocycles. The molecule has 0 saturated heterocycles. The van der Waals surface area contributed by atoms with Crippen LogP contribution in [0.5, 0.6) is 0 Å². The van der Waals surface area contributed by atoms with Crippen molar-refractivity contribution in [1.82, 2.24) is 0 Å². The molecule has 0 heterocycles. The molecule has 0 aromatic heterocycles. The van der Waals surface area contributed by atoms with Gasteiger partial charge in [0.1, 0.15) is 0 Å². The molecular formula is C23H31P. The zero-order valence-electron chi connectivity index (χ0n) is 14.9. The van der Waals surface area contributed by atoms with Crippen molar-refractivity contribution in [3.05, 3.63) is 47.2 Å². The average Bonchev–Trinajstić information content (AvgIpc) is 3.39. The first kappa shape index (κ1) is 16.6. The van der Waals surface area contributed by atoms with Crippen molar-refractivity contribution in [2.75, 3.05) is 0 Å². The number of hydrogen-bond acceptors (Lipinski definition) is 0. The van der Waals surface area contributed by atoms with Crippen LogP contribution in [0.3, 0.4) is 0 Å². The third kappa shape index (κ3) is 3.71. The van der Waals surface area contributed by atoms with E-state index in [0.717, 1.165) is 17.0 Å². The Bertz CT molecular complexity index is 568. The molecule has 1 heteroatoms. The summed E-state index contributed by atoms with van der Waals surface area (Å²) in [5.41, 5.74) is 9.85. The highest BCUT2D eigenvalue weighted by molar-refractivity contribution is 7.60. The summed E-state index contributed by atoms with van der Waals surface area (Å²) >= 11 is 0. The highest BCUT2D eigenvalue weighted by atomic mass is 31.1. The van der Waals surface area contributed by atoms with Crippen molar-refractivity contribution in [3.63, 3.8) is 0 Å². The van der Waals surface area contributed by atoms with E-state index in [0.29, 0.717) is 0 Å². The van der Waals surface area contributed by atoms with Gasteiger partial charge in [-0.1, -0.05) is 63.9 Å². The number of hydrogen-bond donors (Lipinski definition) is 0. The van der Waals surface area contributed by atoms with Crippen LogP contribution in [0, 0.1) is 0 Å². The third-order valence-corrected chi connectivity index (χ3v) is 10.4. The molecule has 4 rings (SSSR count). The second kappa shape index (κ2) is 8.03. The molecule has 3 saturated carbocycles. The summed E-state index contributed by atoms with van der Waals surface area (Å²) in [6.45, 7) is 0. The van der Waals surface area contributed by atoms with Crippen LogP contribution in [0.25, 0.3) is 6.08 Å². The topological polar surface area (TPSA) is 0 Å². The van der Waals surface area contributed by atoms with E-state index < -0.39 is 0 Å². The zero-order chi connectivity index (χ0) is 16.2. The Hall–Kier alpha value is -0.830. The van der Waals surface area contributed by atoms with Crippen LogP contribution < -0.4 is 0 Å². The summed E-state index contributed by atoms with van der Waals surface area (Å²) in [5, 5.41) is 0. The Kier molecular flexibility index (Phi) is 5.57. The third-order valence-electron chi connectivity index (χ3n) is 6.40. The minimum atomic E-state index is 0.197. The minimum absolute atomic E-state index is 0.197. The molecule has 0 amide bonds. The standard InChI is InChI=1S/C23H31P/c1-2-9-19(10-3-1)17-18-20-11-8-16-23(20)24(21-12-4-5-13-21)22-14-6-7-15-22/h1-3,9-10,17,21-23H,4-8,11-16H2. The largest absolute Gasteiger partial charge is 0.120 e. The molecule has 24 heavy (non-hydrogen) atoms. The van der Waals surface area contributed by atoms with Crippen LogP contribution in [-0.2, 0) is 0 Å². The average molecular weight is 338 g/mol.